The maximum absolute atomic E-state index is 11.6. The molecule has 2 heteroatoms. The third-order valence-corrected chi connectivity index (χ3v) is 3.16. The van der Waals surface area contributed by atoms with E-state index in [9.17, 15) is 4.79 Å². The average molecular weight is 167 g/mol. The van der Waals surface area contributed by atoms with Crippen LogP contribution in [-0.4, -0.2) is 22.4 Å². The minimum atomic E-state index is 0.323. The molecule has 1 amide bonds. The van der Waals surface area contributed by atoms with E-state index in [0.717, 1.165) is 12.8 Å². The molecular formula is C10H17NO. The second kappa shape index (κ2) is 2.48. The normalized spacial score (nSPS) is 26.9. The Hall–Kier alpha value is -0.530. The van der Waals surface area contributed by atoms with E-state index in [4.69, 9.17) is 0 Å². The van der Waals surface area contributed by atoms with Crippen LogP contribution in [0.15, 0.2) is 0 Å². The molecule has 1 aliphatic carbocycles. The minimum absolute atomic E-state index is 0.323. The van der Waals surface area contributed by atoms with Crippen molar-refractivity contribution < 1.29 is 4.79 Å². The van der Waals surface area contributed by atoms with Gasteiger partial charge in [0.1, 0.15) is 0 Å². The minimum Gasteiger partial charge on any atom is -0.335 e. The third-order valence-electron chi connectivity index (χ3n) is 3.16. The van der Waals surface area contributed by atoms with Crippen LogP contribution in [0, 0.1) is 0 Å². The number of carbonyl (C=O) groups excluding carboxylic acids is 1. The van der Waals surface area contributed by atoms with Crippen LogP contribution in [0.25, 0.3) is 0 Å². The maximum atomic E-state index is 11.6. The Morgan fingerprint density at radius 2 is 2.00 bits per heavy atom. The van der Waals surface area contributed by atoms with E-state index in [0.29, 0.717) is 17.5 Å². The monoisotopic (exact) mass is 167 g/mol. The summed E-state index contributed by atoms with van der Waals surface area (Å²) < 4.78 is 0. The molecule has 2 aliphatic rings. The predicted molar refractivity (Wildman–Crippen MR) is 47.8 cm³/mol. The van der Waals surface area contributed by atoms with Crippen LogP contribution < -0.4 is 0 Å². The molecule has 1 spiro atoms. The van der Waals surface area contributed by atoms with Crippen molar-refractivity contribution in [2.75, 3.05) is 0 Å². The third kappa shape index (κ3) is 1.05. The molecule has 0 aromatic heterocycles. The summed E-state index contributed by atoms with van der Waals surface area (Å²) in [6.45, 7) is 4.26. The van der Waals surface area contributed by atoms with Crippen LogP contribution in [-0.2, 0) is 4.79 Å². The average Bonchev–Trinajstić information content (AvgIpc) is 2.68. The Labute approximate surface area is 73.9 Å². The molecule has 68 valence electrons. The molecule has 0 bridgehead atoms. The summed E-state index contributed by atoms with van der Waals surface area (Å²) in [5.74, 6) is 0.383. The van der Waals surface area contributed by atoms with Crippen molar-refractivity contribution in [3.05, 3.63) is 0 Å². The molecule has 2 rings (SSSR count). The standard InChI is InChI=1S/C10H17NO/c1-8(2)11-9(12)4-3-5-10(11)6-7-10/h8H,3-7H2,1-2H3. The van der Waals surface area contributed by atoms with Gasteiger partial charge in [-0.3, -0.25) is 4.79 Å². The highest BCUT2D eigenvalue weighted by atomic mass is 16.2. The summed E-state index contributed by atoms with van der Waals surface area (Å²) >= 11 is 0. The summed E-state index contributed by atoms with van der Waals surface area (Å²) in [5, 5.41) is 0. The van der Waals surface area contributed by atoms with Crippen LogP contribution in [0.4, 0.5) is 0 Å². The quantitative estimate of drug-likeness (QED) is 0.584. The molecule has 1 aliphatic heterocycles. The van der Waals surface area contributed by atoms with Crippen molar-refractivity contribution in [2.24, 2.45) is 0 Å². The number of nitrogens with zero attached hydrogens (tertiary/aromatic N) is 1. The molecule has 12 heavy (non-hydrogen) atoms. The first-order chi connectivity index (χ1) is 5.66. The SMILES string of the molecule is CC(C)N1C(=O)CCCC12CC2. The van der Waals surface area contributed by atoms with Crippen LogP contribution in [0.5, 0.6) is 0 Å². The molecule has 0 aromatic carbocycles. The van der Waals surface area contributed by atoms with Crippen LogP contribution >= 0.6 is 0 Å². The van der Waals surface area contributed by atoms with Gasteiger partial charge in [-0.25, -0.2) is 0 Å². The second-order valence-corrected chi connectivity index (χ2v) is 4.44. The lowest BCUT2D eigenvalue weighted by Crippen LogP contribution is -2.49. The Morgan fingerprint density at radius 1 is 1.33 bits per heavy atom. The molecule has 0 atom stereocenters. The van der Waals surface area contributed by atoms with Crippen LogP contribution in [0.2, 0.25) is 0 Å². The lowest BCUT2D eigenvalue weighted by Gasteiger charge is -2.39. The molecular weight excluding hydrogens is 150 g/mol. The molecule has 0 N–H and O–H groups in total. The molecule has 0 radical (unpaired) electrons. The zero-order valence-electron chi connectivity index (χ0n) is 7.97. The van der Waals surface area contributed by atoms with Gasteiger partial charge in [-0.1, -0.05) is 0 Å². The summed E-state index contributed by atoms with van der Waals surface area (Å²) in [5.41, 5.74) is 0.323. The first kappa shape index (κ1) is 8.09. The topological polar surface area (TPSA) is 20.3 Å². The van der Waals surface area contributed by atoms with E-state index >= 15 is 0 Å². The van der Waals surface area contributed by atoms with Gasteiger partial charge in [0.05, 0.1) is 0 Å². The molecule has 2 fully saturated rings. The Morgan fingerprint density at radius 3 is 2.42 bits per heavy atom. The van der Waals surface area contributed by atoms with Gasteiger partial charge in [-0.2, -0.15) is 0 Å². The zero-order valence-corrected chi connectivity index (χ0v) is 7.97. The van der Waals surface area contributed by atoms with E-state index in [1.54, 1.807) is 0 Å². The van der Waals surface area contributed by atoms with Crippen molar-refractivity contribution in [2.45, 2.75) is 57.5 Å². The summed E-state index contributed by atoms with van der Waals surface area (Å²) in [6, 6.07) is 0.403. The molecule has 2 nitrogen and oxygen atoms in total. The smallest absolute Gasteiger partial charge is 0.223 e. The molecule has 1 saturated carbocycles. The Kier molecular flexibility index (Phi) is 1.67. The lowest BCUT2D eigenvalue weighted by molar-refractivity contribution is -0.139. The highest BCUT2D eigenvalue weighted by molar-refractivity contribution is 5.78. The summed E-state index contributed by atoms with van der Waals surface area (Å²) in [7, 11) is 0. The maximum Gasteiger partial charge on any atom is 0.223 e. The Balaban J connectivity index is 2.18. The summed E-state index contributed by atoms with van der Waals surface area (Å²) in [4.78, 5) is 13.8. The van der Waals surface area contributed by atoms with Crippen LogP contribution in [0.3, 0.4) is 0 Å². The first-order valence-corrected chi connectivity index (χ1v) is 4.98. The van der Waals surface area contributed by atoms with E-state index in [1.165, 1.54) is 19.3 Å². The predicted octanol–water partition coefficient (Wildman–Crippen LogP) is 1.94. The number of carbonyl (C=O) groups is 1. The van der Waals surface area contributed by atoms with E-state index in [2.05, 4.69) is 18.7 Å². The fourth-order valence-electron chi connectivity index (χ4n) is 2.55. The fourth-order valence-corrected chi connectivity index (χ4v) is 2.55. The Bertz CT molecular complexity index is 206. The van der Waals surface area contributed by atoms with Gasteiger partial charge in [0.25, 0.3) is 0 Å². The molecule has 0 aromatic rings. The van der Waals surface area contributed by atoms with Crippen molar-refractivity contribution in [1.82, 2.24) is 4.90 Å². The van der Waals surface area contributed by atoms with E-state index < -0.39 is 0 Å². The number of hydrogen-bond acceptors (Lipinski definition) is 1. The van der Waals surface area contributed by atoms with Crippen LogP contribution in [0.1, 0.15) is 46.0 Å². The molecule has 0 unspecified atom stereocenters. The van der Waals surface area contributed by atoms with Gasteiger partial charge in [-0.05, 0) is 39.5 Å². The number of hydrogen-bond donors (Lipinski definition) is 0. The van der Waals surface area contributed by atoms with Crippen molar-refractivity contribution in [1.29, 1.82) is 0 Å². The van der Waals surface area contributed by atoms with Gasteiger partial charge in [0.15, 0.2) is 0 Å². The first-order valence-electron chi connectivity index (χ1n) is 4.98. The van der Waals surface area contributed by atoms with Gasteiger partial charge in [0.2, 0.25) is 5.91 Å². The summed E-state index contributed by atoms with van der Waals surface area (Å²) in [6.07, 6.45) is 5.63. The molecule has 1 saturated heterocycles. The zero-order chi connectivity index (χ0) is 8.77. The largest absolute Gasteiger partial charge is 0.335 e. The van der Waals surface area contributed by atoms with Gasteiger partial charge < -0.3 is 4.90 Å². The van der Waals surface area contributed by atoms with Crippen molar-refractivity contribution >= 4 is 5.91 Å². The number of rotatable bonds is 1. The highest BCUT2D eigenvalue weighted by Crippen LogP contribution is 2.49. The van der Waals surface area contributed by atoms with E-state index in [1.807, 2.05) is 0 Å². The molecule has 1 heterocycles. The number of piperidine rings is 1. The van der Waals surface area contributed by atoms with Crippen molar-refractivity contribution in [3.8, 4) is 0 Å². The number of amides is 1. The van der Waals surface area contributed by atoms with E-state index in [-0.39, 0.29) is 0 Å². The van der Waals surface area contributed by atoms with Gasteiger partial charge in [0, 0.05) is 18.0 Å². The van der Waals surface area contributed by atoms with Gasteiger partial charge >= 0.3 is 0 Å². The lowest BCUT2D eigenvalue weighted by atomic mass is 9.98. The number of likely N-dealkylation sites (tertiary alicyclic amines) is 1. The van der Waals surface area contributed by atoms with Gasteiger partial charge in [-0.15, -0.1) is 0 Å². The van der Waals surface area contributed by atoms with Crippen molar-refractivity contribution in [3.63, 3.8) is 0 Å². The second-order valence-electron chi connectivity index (χ2n) is 4.44. The fraction of sp³-hybridized carbons (Fsp3) is 0.900. The highest BCUT2D eigenvalue weighted by Gasteiger charge is 2.52.